The predicted octanol–water partition coefficient (Wildman–Crippen LogP) is 4.39. The molecule has 0 fully saturated rings. The number of amides is 2. The van der Waals surface area contributed by atoms with E-state index in [0.717, 1.165) is 12.0 Å². The van der Waals surface area contributed by atoms with Crippen molar-refractivity contribution >= 4 is 11.8 Å². The van der Waals surface area contributed by atoms with E-state index in [1.807, 2.05) is 37.3 Å². The molecule has 0 aliphatic rings. The van der Waals surface area contributed by atoms with Crippen LogP contribution >= 0.6 is 0 Å². The van der Waals surface area contributed by atoms with Gasteiger partial charge in [-0.25, -0.2) is 4.39 Å². The monoisotopic (exact) mass is 508 g/mol. The van der Waals surface area contributed by atoms with Gasteiger partial charge < -0.3 is 24.4 Å². The van der Waals surface area contributed by atoms with Crippen molar-refractivity contribution in [3.63, 3.8) is 0 Å². The summed E-state index contributed by atoms with van der Waals surface area (Å²) in [4.78, 5) is 28.3. The van der Waals surface area contributed by atoms with E-state index in [0.29, 0.717) is 29.4 Å². The van der Waals surface area contributed by atoms with Crippen LogP contribution < -0.4 is 19.5 Å². The quantitative estimate of drug-likeness (QED) is 0.371. The number of rotatable bonds is 13. The lowest BCUT2D eigenvalue weighted by molar-refractivity contribution is -0.142. The molecule has 1 N–H and O–H groups in total. The number of nitrogens with one attached hydrogen (secondary N) is 1. The zero-order chi connectivity index (χ0) is 26.6. The fourth-order valence-electron chi connectivity index (χ4n) is 3.82. The van der Waals surface area contributed by atoms with Crippen molar-refractivity contribution in [3.8, 4) is 17.2 Å². The van der Waals surface area contributed by atoms with Crippen molar-refractivity contribution in [2.45, 2.75) is 32.4 Å². The lowest BCUT2D eigenvalue weighted by atomic mass is 10.0. The summed E-state index contributed by atoms with van der Waals surface area (Å²) in [6.45, 7) is 1.96. The van der Waals surface area contributed by atoms with Crippen LogP contribution in [-0.4, -0.2) is 50.1 Å². The van der Waals surface area contributed by atoms with Crippen LogP contribution in [0.3, 0.4) is 0 Å². The smallest absolute Gasteiger partial charge is 0.261 e. The molecule has 1 atom stereocenters. The van der Waals surface area contributed by atoms with Crippen molar-refractivity contribution in [3.05, 3.63) is 89.7 Å². The van der Waals surface area contributed by atoms with E-state index < -0.39 is 17.8 Å². The van der Waals surface area contributed by atoms with Gasteiger partial charge in [-0.3, -0.25) is 9.59 Å². The Morgan fingerprint density at radius 1 is 0.919 bits per heavy atom. The van der Waals surface area contributed by atoms with Crippen molar-refractivity contribution < 1.29 is 28.2 Å². The molecule has 0 heterocycles. The predicted molar refractivity (Wildman–Crippen MR) is 139 cm³/mol. The van der Waals surface area contributed by atoms with Crippen LogP contribution in [0.1, 0.15) is 24.5 Å². The Balaban J connectivity index is 1.91. The lowest BCUT2D eigenvalue weighted by Crippen LogP contribution is -2.51. The maximum atomic E-state index is 14.6. The molecule has 0 aliphatic heterocycles. The van der Waals surface area contributed by atoms with Crippen LogP contribution in [0.25, 0.3) is 0 Å². The number of carbonyl (C=O) groups is 2. The number of hydrogen-bond acceptors (Lipinski definition) is 5. The molecular formula is C29H33FN2O5. The van der Waals surface area contributed by atoms with Crippen molar-refractivity contribution in [1.29, 1.82) is 0 Å². The first-order chi connectivity index (χ1) is 17.9. The number of halogens is 1. The average Bonchev–Trinajstić information content (AvgIpc) is 2.93. The normalized spacial score (nSPS) is 11.4. The van der Waals surface area contributed by atoms with Gasteiger partial charge in [0.1, 0.15) is 29.1 Å². The summed E-state index contributed by atoms with van der Waals surface area (Å²) in [6, 6.07) is 19.7. The van der Waals surface area contributed by atoms with E-state index in [9.17, 15) is 14.0 Å². The molecule has 0 radical (unpaired) electrons. The third-order valence-electron chi connectivity index (χ3n) is 5.81. The summed E-state index contributed by atoms with van der Waals surface area (Å²) in [5.41, 5.74) is 1.18. The molecule has 0 saturated heterocycles. The van der Waals surface area contributed by atoms with Crippen molar-refractivity contribution in [2.24, 2.45) is 0 Å². The Kier molecular flexibility index (Phi) is 10.3. The molecule has 0 aliphatic carbocycles. The maximum absolute atomic E-state index is 14.6. The van der Waals surface area contributed by atoms with Gasteiger partial charge in [0.25, 0.3) is 5.91 Å². The molecule has 0 saturated carbocycles. The SMILES string of the molecule is CCCNC(=O)C(Cc1ccccc1)N(Cc1ccccc1F)C(=O)COc1cc(OC)cc(OC)c1. The highest BCUT2D eigenvalue weighted by Gasteiger charge is 2.31. The van der Waals surface area contributed by atoms with Crippen LogP contribution in [0.15, 0.2) is 72.8 Å². The molecule has 3 aromatic carbocycles. The summed E-state index contributed by atoms with van der Waals surface area (Å²) in [5.74, 6) is 0.157. The van der Waals surface area contributed by atoms with Gasteiger partial charge in [0.2, 0.25) is 5.91 Å². The first kappa shape index (κ1) is 27.5. The van der Waals surface area contributed by atoms with Gasteiger partial charge in [0, 0.05) is 43.3 Å². The third kappa shape index (κ3) is 7.96. The molecule has 0 aromatic heterocycles. The Morgan fingerprint density at radius 3 is 2.16 bits per heavy atom. The van der Waals surface area contributed by atoms with Crippen LogP contribution in [-0.2, 0) is 22.6 Å². The molecule has 3 rings (SSSR count). The minimum atomic E-state index is -0.871. The molecule has 3 aromatic rings. The maximum Gasteiger partial charge on any atom is 0.261 e. The topological polar surface area (TPSA) is 77.1 Å². The van der Waals surface area contributed by atoms with Crippen LogP contribution in [0.4, 0.5) is 4.39 Å². The lowest BCUT2D eigenvalue weighted by Gasteiger charge is -2.31. The molecule has 1 unspecified atom stereocenters. The summed E-state index contributed by atoms with van der Waals surface area (Å²) in [6.07, 6.45) is 1.01. The second kappa shape index (κ2) is 13.9. The van der Waals surface area contributed by atoms with E-state index in [-0.39, 0.29) is 25.5 Å². The van der Waals surface area contributed by atoms with Gasteiger partial charge >= 0.3 is 0 Å². The minimum Gasteiger partial charge on any atom is -0.496 e. The fraction of sp³-hybridized carbons (Fsp3) is 0.310. The van der Waals surface area contributed by atoms with Crippen LogP contribution in [0.5, 0.6) is 17.2 Å². The first-order valence-electron chi connectivity index (χ1n) is 12.2. The summed E-state index contributed by atoms with van der Waals surface area (Å²) >= 11 is 0. The van der Waals surface area contributed by atoms with E-state index in [1.54, 1.807) is 36.4 Å². The Hall–Kier alpha value is -4.07. The van der Waals surface area contributed by atoms with Crippen LogP contribution in [0, 0.1) is 5.82 Å². The molecular weight excluding hydrogens is 475 g/mol. The number of methoxy groups -OCH3 is 2. The molecule has 0 spiro atoms. The molecule has 2 amide bonds. The zero-order valence-corrected chi connectivity index (χ0v) is 21.4. The second-order valence-corrected chi connectivity index (χ2v) is 8.45. The standard InChI is InChI=1S/C29H33FN2O5/c1-4-14-31-29(34)27(15-21-10-6-5-7-11-21)32(19-22-12-8-9-13-26(22)30)28(33)20-37-25-17-23(35-2)16-24(18-25)36-3/h5-13,16-18,27H,4,14-15,19-20H2,1-3H3,(H,31,34). The largest absolute Gasteiger partial charge is 0.496 e. The number of ether oxygens (including phenoxy) is 3. The van der Waals surface area contributed by atoms with Gasteiger partial charge in [-0.05, 0) is 18.1 Å². The Bertz CT molecular complexity index is 1150. The molecule has 8 heteroatoms. The van der Waals surface area contributed by atoms with Gasteiger partial charge in [-0.2, -0.15) is 0 Å². The number of nitrogens with zero attached hydrogens (tertiary/aromatic N) is 1. The number of carbonyl (C=O) groups excluding carboxylic acids is 2. The average molecular weight is 509 g/mol. The minimum absolute atomic E-state index is 0.0899. The Labute approximate surface area is 217 Å². The first-order valence-corrected chi connectivity index (χ1v) is 12.2. The third-order valence-corrected chi connectivity index (χ3v) is 5.81. The summed E-state index contributed by atoms with van der Waals surface area (Å²) < 4.78 is 30.9. The zero-order valence-electron chi connectivity index (χ0n) is 21.4. The number of hydrogen-bond donors (Lipinski definition) is 1. The highest BCUT2D eigenvalue weighted by molar-refractivity contribution is 5.88. The highest BCUT2D eigenvalue weighted by Crippen LogP contribution is 2.27. The van der Waals surface area contributed by atoms with Gasteiger partial charge in [-0.15, -0.1) is 0 Å². The van der Waals surface area contributed by atoms with Gasteiger partial charge in [-0.1, -0.05) is 55.5 Å². The van der Waals surface area contributed by atoms with Gasteiger partial charge in [0.15, 0.2) is 6.61 Å². The van der Waals surface area contributed by atoms with Crippen molar-refractivity contribution in [1.82, 2.24) is 10.2 Å². The Morgan fingerprint density at radius 2 is 1.54 bits per heavy atom. The molecule has 196 valence electrons. The molecule has 37 heavy (non-hydrogen) atoms. The van der Waals surface area contributed by atoms with Gasteiger partial charge in [0.05, 0.1) is 14.2 Å². The fourth-order valence-corrected chi connectivity index (χ4v) is 3.82. The van der Waals surface area contributed by atoms with Crippen LogP contribution in [0.2, 0.25) is 0 Å². The highest BCUT2D eigenvalue weighted by atomic mass is 19.1. The molecule has 0 bridgehead atoms. The molecule has 7 nitrogen and oxygen atoms in total. The summed E-state index contributed by atoms with van der Waals surface area (Å²) in [5, 5.41) is 2.89. The number of benzene rings is 3. The van der Waals surface area contributed by atoms with E-state index >= 15 is 0 Å². The van der Waals surface area contributed by atoms with Crippen molar-refractivity contribution in [2.75, 3.05) is 27.4 Å². The second-order valence-electron chi connectivity index (χ2n) is 8.45. The van der Waals surface area contributed by atoms with E-state index in [4.69, 9.17) is 14.2 Å². The van der Waals surface area contributed by atoms with E-state index in [1.165, 1.54) is 25.2 Å². The summed E-state index contributed by atoms with van der Waals surface area (Å²) in [7, 11) is 3.03. The van der Waals surface area contributed by atoms with E-state index in [2.05, 4.69) is 5.32 Å².